The highest BCUT2D eigenvalue weighted by Gasteiger charge is 2.17. The SMILES string of the molecule is Cc1ccc(COC(=O)C(C)NC(=O)CCCC#CC#CCCCC(=O)NC(C)C(=O)OCc2ccc(C)cc2)cc1. The summed E-state index contributed by atoms with van der Waals surface area (Å²) in [4.78, 5) is 48.4. The number of amides is 2. The summed E-state index contributed by atoms with van der Waals surface area (Å²) in [5, 5.41) is 5.29. The highest BCUT2D eigenvalue weighted by atomic mass is 16.5. The number of unbranched alkanes of at least 4 members (excludes halogenated alkanes) is 2. The molecule has 0 radical (unpaired) electrons. The molecule has 8 heteroatoms. The second kappa shape index (κ2) is 18.7. The van der Waals surface area contributed by atoms with Crippen molar-refractivity contribution < 1.29 is 28.7 Å². The van der Waals surface area contributed by atoms with Crippen molar-refractivity contribution >= 4 is 23.8 Å². The summed E-state index contributed by atoms with van der Waals surface area (Å²) in [7, 11) is 0. The molecule has 2 aromatic rings. The van der Waals surface area contributed by atoms with Gasteiger partial charge in [0.2, 0.25) is 11.8 Å². The van der Waals surface area contributed by atoms with Crippen LogP contribution in [-0.4, -0.2) is 35.8 Å². The third-order valence-corrected chi connectivity index (χ3v) is 6.12. The molecule has 8 nitrogen and oxygen atoms in total. The molecule has 0 fully saturated rings. The van der Waals surface area contributed by atoms with Gasteiger partial charge in [0, 0.05) is 25.7 Å². The molecule has 0 heterocycles. The molecule has 0 aromatic heterocycles. The first kappa shape index (κ1) is 33.6. The quantitative estimate of drug-likeness (QED) is 0.197. The lowest BCUT2D eigenvalue weighted by Crippen LogP contribution is -2.39. The lowest BCUT2D eigenvalue weighted by molar-refractivity contribution is -0.149. The summed E-state index contributed by atoms with van der Waals surface area (Å²) in [6.07, 6.45) is 2.55. The van der Waals surface area contributed by atoms with Crippen LogP contribution in [0, 0.1) is 37.5 Å². The molecule has 42 heavy (non-hydrogen) atoms. The van der Waals surface area contributed by atoms with Crippen molar-refractivity contribution in [3.8, 4) is 23.7 Å². The molecule has 2 amide bonds. The third kappa shape index (κ3) is 14.2. The Balaban J connectivity index is 1.52. The smallest absolute Gasteiger partial charge is 0.328 e. The van der Waals surface area contributed by atoms with E-state index in [2.05, 4.69) is 34.3 Å². The average Bonchev–Trinajstić information content (AvgIpc) is 2.97. The van der Waals surface area contributed by atoms with E-state index < -0.39 is 24.0 Å². The van der Waals surface area contributed by atoms with Crippen LogP contribution in [-0.2, 0) is 41.9 Å². The Morgan fingerprint density at radius 3 is 1.36 bits per heavy atom. The van der Waals surface area contributed by atoms with Gasteiger partial charge in [-0.1, -0.05) is 71.5 Å². The predicted octanol–water partition coefficient (Wildman–Crippen LogP) is 4.45. The first-order valence-corrected chi connectivity index (χ1v) is 14.1. The first-order chi connectivity index (χ1) is 20.1. The maximum absolute atomic E-state index is 12.1. The fourth-order valence-electron chi connectivity index (χ4n) is 3.56. The van der Waals surface area contributed by atoms with E-state index in [-0.39, 0.29) is 37.9 Å². The van der Waals surface area contributed by atoms with E-state index in [1.807, 2.05) is 62.4 Å². The predicted molar refractivity (Wildman–Crippen MR) is 160 cm³/mol. The van der Waals surface area contributed by atoms with Crippen molar-refractivity contribution in [3.63, 3.8) is 0 Å². The van der Waals surface area contributed by atoms with Crippen LogP contribution in [0.3, 0.4) is 0 Å². The van der Waals surface area contributed by atoms with E-state index in [1.165, 1.54) is 0 Å². The van der Waals surface area contributed by atoms with Crippen LogP contribution in [0.4, 0.5) is 0 Å². The summed E-state index contributed by atoms with van der Waals surface area (Å²) >= 11 is 0. The van der Waals surface area contributed by atoms with E-state index in [1.54, 1.807) is 13.8 Å². The van der Waals surface area contributed by atoms with Crippen molar-refractivity contribution in [2.45, 2.75) is 91.5 Å². The number of esters is 2. The summed E-state index contributed by atoms with van der Waals surface area (Å²) in [6, 6.07) is 13.9. The van der Waals surface area contributed by atoms with Gasteiger partial charge in [0.15, 0.2) is 0 Å². The maximum atomic E-state index is 12.1. The first-order valence-electron chi connectivity index (χ1n) is 14.1. The van der Waals surface area contributed by atoms with Crippen LogP contribution in [0.25, 0.3) is 0 Å². The molecule has 2 atom stereocenters. The summed E-state index contributed by atoms with van der Waals surface area (Å²) in [6.45, 7) is 7.48. The number of carbonyl (C=O) groups is 4. The highest BCUT2D eigenvalue weighted by Crippen LogP contribution is 2.07. The highest BCUT2D eigenvalue weighted by molar-refractivity contribution is 5.84. The van der Waals surface area contributed by atoms with E-state index in [4.69, 9.17) is 9.47 Å². The fourth-order valence-corrected chi connectivity index (χ4v) is 3.56. The second-order valence-electron chi connectivity index (χ2n) is 10.1. The maximum Gasteiger partial charge on any atom is 0.328 e. The molecule has 0 saturated carbocycles. The van der Waals surface area contributed by atoms with Gasteiger partial charge in [0.05, 0.1) is 0 Å². The molecule has 0 saturated heterocycles. The lowest BCUT2D eigenvalue weighted by atomic mass is 10.2. The normalized spacial score (nSPS) is 11.4. The van der Waals surface area contributed by atoms with Gasteiger partial charge in [-0.15, -0.1) is 0 Å². The fraction of sp³-hybridized carbons (Fsp3) is 0.412. The number of aryl methyl sites for hydroxylation is 2. The Hall–Kier alpha value is -4.56. The van der Waals surface area contributed by atoms with Crippen LogP contribution in [0.5, 0.6) is 0 Å². The molecule has 0 bridgehead atoms. The Morgan fingerprint density at radius 1 is 0.643 bits per heavy atom. The van der Waals surface area contributed by atoms with E-state index >= 15 is 0 Å². The molecule has 0 aliphatic rings. The molecule has 2 N–H and O–H groups in total. The summed E-state index contributed by atoms with van der Waals surface area (Å²) in [5.74, 6) is 9.83. The van der Waals surface area contributed by atoms with E-state index in [0.717, 1.165) is 22.3 Å². The number of rotatable bonds is 14. The number of nitrogens with one attached hydrogen (secondary N) is 2. The zero-order chi connectivity index (χ0) is 30.7. The standard InChI is InChI=1S/C34H40N2O6/c1-25-15-19-29(20-16-25)23-41-33(39)27(3)35-31(37)13-11-9-7-5-6-8-10-12-14-32(38)36-28(4)34(40)42-24-30-21-17-26(2)18-22-30/h15-22,27-28H,9-14,23-24H2,1-4H3,(H,35,37)(H,36,38). The van der Waals surface area contributed by atoms with Crippen LogP contribution in [0.1, 0.15) is 74.6 Å². The van der Waals surface area contributed by atoms with Gasteiger partial charge in [0.25, 0.3) is 0 Å². The zero-order valence-electron chi connectivity index (χ0n) is 24.9. The van der Waals surface area contributed by atoms with Crippen molar-refractivity contribution in [1.29, 1.82) is 0 Å². The molecular weight excluding hydrogens is 532 g/mol. The van der Waals surface area contributed by atoms with Gasteiger partial charge >= 0.3 is 11.9 Å². The van der Waals surface area contributed by atoms with Crippen LogP contribution < -0.4 is 10.6 Å². The van der Waals surface area contributed by atoms with Gasteiger partial charge in [-0.3, -0.25) is 9.59 Å². The second-order valence-corrected chi connectivity index (χ2v) is 10.1. The van der Waals surface area contributed by atoms with Gasteiger partial charge in [0.1, 0.15) is 25.3 Å². The van der Waals surface area contributed by atoms with Crippen molar-refractivity contribution in [1.82, 2.24) is 10.6 Å². The Labute approximate surface area is 248 Å². The monoisotopic (exact) mass is 572 g/mol. The molecule has 0 aliphatic carbocycles. The van der Waals surface area contributed by atoms with Crippen LogP contribution >= 0.6 is 0 Å². The van der Waals surface area contributed by atoms with E-state index in [9.17, 15) is 19.2 Å². The van der Waals surface area contributed by atoms with Crippen molar-refractivity contribution in [3.05, 3.63) is 70.8 Å². The topological polar surface area (TPSA) is 111 Å². The third-order valence-electron chi connectivity index (χ3n) is 6.12. The van der Waals surface area contributed by atoms with Crippen molar-refractivity contribution in [2.75, 3.05) is 0 Å². The lowest BCUT2D eigenvalue weighted by Gasteiger charge is -2.13. The number of hydrogen-bond acceptors (Lipinski definition) is 6. The Kier molecular flexibility index (Phi) is 15.0. The van der Waals surface area contributed by atoms with Crippen molar-refractivity contribution in [2.24, 2.45) is 0 Å². The van der Waals surface area contributed by atoms with E-state index in [0.29, 0.717) is 25.7 Å². The van der Waals surface area contributed by atoms with Gasteiger partial charge in [-0.05, 0) is 63.5 Å². The van der Waals surface area contributed by atoms with Gasteiger partial charge in [-0.25, -0.2) is 9.59 Å². The molecular formula is C34H40N2O6. The Morgan fingerprint density at radius 2 is 1.00 bits per heavy atom. The minimum atomic E-state index is -0.733. The summed E-state index contributed by atoms with van der Waals surface area (Å²) < 4.78 is 10.5. The Bertz CT molecular complexity index is 1210. The molecule has 2 aromatic carbocycles. The minimum absolute atomic E-state index is 0.161. The van der Waals surface area contributed by atoms with Crippen LogP contribution in [0.2, 0.25) is 0 Å². The van der Waals surface area contributed by atoms with Gasteiger partial charge < -0.3 is 20.1 Å². The number of carbonyl (C=O) groups excluding carboxylic acids is 4. The summed E-state index contributed by atoms with van der Waals surface area (Å²) in [5.41, 5.74) is 4.03. The minimum Gasteiger partial charge on any atom is -0.459 e. The number of ether oxygens (including phenoxy) is 2. The van der Waals surface area contributed by atoms with Gasteiger partial charge in [-0.2, -0.15) is 0 Å². The molecule has 2 rings (SSSR count). The molecule has 0 spiro atoms. The number of hydrogen-bond donors (Lipinski definition) is 2. The molecule has 0 aliphatic heterocycles. The largest absolute Gasteiger partial charge is 0.459 e. The zero-order valence-corrected chi connectivity index (χ0v) is 24.9. The molecule has 2 unspecified atom stereocenters. The van der Waals surface area contributed by atoms with Crippen LogP contribution in [0.15, 0.2) is 48.5 Å². The average molecular weight is 573 g/mol. The molecule has 222 valence electrons. The number of benzene rings is 2.